The highest BCUT2D eigenvalue weighted by atomic mass is 16.6. The van der Waals surface area contributed by atoms with Crippen molar-refractivity contribution in [2.75, 3.05) is 20.3 Å². The van der Waals surface area contributed by atoms with Crippen molar-refractivity contribution >= 4 is 11.7 Å². The van der Waals surface area contributed by atoms with E-state index in [0.29, 0.717) is 19.0 Å². The average Bonchev–Trinajstić information content (AvgIpc) is 2.90. The van der Waals surface area contributed by atoms with E-state index in [-0.39, 0.29) is 17.4 Å². The van der Waals surface area contributed by atoms with Gasteiger partial charge in [0, 0.05) is 18.6 Å². The van der Waals surface area contributed by atoms with Gasteiger partial charge in [0.1, 0.15) is 17.4 Å². The van der Waals surface area contributed by atoms with Gasteiger partial charge in [0.25, 0.3) is 5.69 Å². The molecule has 19 heavy (non-hydrogen) atoms. The Morgan fingerprint density at radius 1 is 1.53 bits per heavy atom. The molecule has 0 aliphatic carbocycles. The molecule has 0 saturated carbocycles. The van der Waals surface area contributed by atoms with Gasteiger partial charge in [-0.2, -0.15) is 0 Å². The molecule has 7 heteroatoms. The molecule has 1 aromatic rings. The van der Waals surface area contributed by atoms with Crippen molar-refractivity contribution in [3.8, 4) is 5.75 Å². The molecule has 1 aliphatic heterocycles. The van der Waals surface area contributed by atoms with E-state index >= 15 is 0 Å². The summed E-state index contributed by atoms with van der Waals surface area (Å²) in [5.41, 5.74) is -0.425. The zero-order valence-electron chi connectivity index (χ0n) is 10.3. The Labute approximate surface area is 109 Å². The van der Waals surface area contributed by atoms with Crippen LogP contribution in [0.3, 0.4) is 0 Å². The normalized spacial score (nSPS) is 18.1. The maximum Gasteiger partial charge on any atom is 0.345 e. The van der Waals surface area contributed by atoms with Crippen LogP contribution in [0, 0.1) is 10.1 Å². The summed E-state index contributed by atoms with van der Waals surface area (Å²) in [6.07, 6.45) is 0.664. The summed E-state index contributed by atoms with van der Waals surface area (Å²) in [6, 6.07) is 4.02. The number of carbonyl (C=O) groups is 1. The quantitative estimate of drug-likeness (QED) is 0.467. The van der Waals surface area contributed by atoms with Crippen molar-refractivity contribution in [1.29, 1.82) is 0 Å². The van der Waals surface area contributed by atoms with Crippen LogP contribution in [0.15, 0.2) is 18.2 Å². The highest BCUT2D eigenvalue weighted by Gasteiger charge is 2.23. The fraction of sp³-hybridized carbons (Fsp3) is 0.417. The molecule has 2 rings (SSSR count). The van der Waals surface area contributed by atoms with Crippen molar-refractivity contribution in [3.63, 3.8) is 0 Å². The Morgan fingerprint density at radius 3 is 2.89 bits per heavy atom. The molecular weight excluding hydrogens is 254 g/mol. The summed E-state index contributed by atoms with van der Waals surface area (Å²) in [6.45, 7) is 1.10. The van der Waals surface area contributed by atoms with Crippen LogP contribution < -0.4 is 4.74 Å². The highest BCUT2D eigenvalue weighted by Crippen LogP contribution is 2.26. The number of nitro benzene ring substituents is 1. The molecule has 0 amide bonds. The average molecular weight is 267 g/mol. The van der Waals surface area contributed by atoms with Crippen molar-refractivity contribution in [2.24, 2.45) is 0 Å². The van der Waals surface area contributed by atoms with Gasteiger partial charge in [0.2, 0.25) is 0 Å². The first-order chi connectivity index (χ1) is 9.11. The molecule has 0 N–H and O–H groups in total. The zero-order chi connectivity index (χ0) is 13.8. The van der Waals surface area contributed by atoms with Crippen LogP contribution in [-0.4, -0.2) is 37.3 Å². The van der Waals surface area contributed by atoms with E-state index < -0.39 is 10.9 Å². The van der Waals surface area contributed by atoms with Gasteiger partial charge in [-0.15, -0.1) is 0 Å². The van der Waals surface area contributed by atoms with Crippen LogP contribution >= 0.6 is 0 Å². The van der Waals surface area contributed by atoms with Gasteiger partial charge in [-0.25, -0.2) is 4.79 Å². The predicted molar refractivity (Wildman–Crippen MR) is 64.3 cm³/mol. The SMILES string of the molecule is COC(=O)c1cc(O[C@H]2CCOC2)ccc1[N+](=O)[O-]. The molecule has 1 fully saturated rings. The Morgan fingerprint density at radius 2 is 2.32 bits per heavy atom. The van der Waals surface area contributed by atoms with E-state index in [1.54, 1.807) is 0 Å². The third kappa shape index (κ3) is 3.00. The number of rotatable bonds is 4. The Kier molecular flexibility index (Phi) is 3.96. The molecule has 1 heterocycles. The minimum atomic E-state index is -0.764. The maximum absolute atomic E-state index is 11.5. The number of nitro groups is 1. The second-order valence-corrected chi connectivity index (χ2v) is 4.03. The Balaban J connectivity index is 2.26. The lowest BCUT2D eigenvalue weighted by molar-refractivity contribution is -0.385. The first kappa shape index (κ1) is 13.3. The van der Waals surface area contributed by atoms with Crippen molar-refractivity contribution < 1.29 is 23.9 Å². The lowest BCUT2D eigenvalue weighted by Crippen LogP contribution is -2.16. The fourth-order valence-corrected chi connectivity index (χ4v) is 1.82. The topological polar surface area (TPSA) is 87.9 Å². The van der Waals surface area contributed by atoms with E-state index in [9.17, 15) is 14.9 Å². The summed E-state index contributed by atoms with van der Waals surface area (Å²) in [4.78, 5) is 21.7. The molecule has 0 radical (unpaired) electrons. The maximum atomic E-state index is 11.5. The van der Waals surface area contributed by atoms with Gasteiger partial charge in [-0.1, -0.05) is 0 Å². The molecule has 1 atom stereocenters. The van der Waals surface area contributed by atoms with Gasteiger partial charge in [0.05, 0.1) is 25.2 Å². The molecule has 1 saturated heterocycles. The first-order valence-corrected chi connectivity index (χ1v) is 5.73. The summed E-state index contributed by atoms with van der Waals surface area (Å²) in [7, 11) is 1.17. The van der Waals surface area contributed by atoms with E-state index in [4.69, 9.17) is 9.47 Å². The molecule has 0 spiro atoms. The monoisotopic (exact) mass is 267 g/mol. The molecule has 1 aromatic carbocycles. The Bertz CT molecular complexity index is 495. The van der Waals surface area contributed by atoms with E-state index in [1.165, 1.54) is 25.3 Å². The van der Waals surface area contributed by atoms with E-state index in [2.05, 4.69) is 4.74 Å². The van der Waals surface area contributed by atoms with E-state index in [1.807, 2.05) is 0 Å². The smallest absolute Gasteiger partial charge is 0.345 e. The second kappa shape index (κ2) is 5.66. The third-order valence-electron chi connectivity index (χ3n) is 2.76. The minimum Gasteiger partial charge on any atom is -0.488 e. The van der Waals surface area contributed by atoms with E-state index in [0.717, 1.165) is 6.42 Å². The van der Waals surface area contributed by atoms with Crippen molar-refractivity contribution in [3.05, 3.63) is 33.9 Å². The number of ether oxygens (including phenoxy) is 3. The molecular formula is C12H13NO6. The third-order valence-corrected chi connectivity index (χ3v) is 2.76. The molecule has 0 bridgehead atoms. The lowest BCUT2D eigenvalue weighted by atomic mass is 10.1. The zero-order valence-corrected chi connectivity index (χ0v) is 10.3. The number of hydrogen-bond acceptors (Lipinski definition) is 6. The van der Waals surface area contributed by atoms with Crippen LogP contribution in [0.1, 0.15) is 16.8 Å². The predicted octanol–water partition coefficient (Wildman–Crippen LogP) is 1.55. The standard InChI is InChI=1S/C12H13NO6/c1-17-12(14)10-6-8(2-3-11(10)13(15)16)19-9-4-5-18-7-9/h2-3,6,9H,4-5,7H2,1H3/t9-/m0/s1. The van der Waals surface area contributed by atoms with Crippen molar-refractivity contribution in [2.45, 2.75) is 12.5 Å². The van der Waals surface area contributed by atoms with Crippen LogP contribution in [-0.2, 0) is 9.47 Å². The first-order valence-electron chi connectivity index (χ1n) is 5.73. The summed E-state index contributed by atoms with van der Waals surface area (Å²) in [5, 5.41) is 10.8. The largest absolute Gasteiger partial charge is 0.488 e. The number of nitrogens with zero attached hydrogens (tertiary/aromatic N) is 1. The molecule has 102 valence electrons. The molecule has 0 aromatic heterocycles. The van der Waals surface area contributed by atoms with Crippen LogP contribution in [0.4, 0.5) is 5.69 Å². The summed E-state index contributed by atoms with van der Waals surface area (Å²) in [5.74, 6) is -0.374. The Hall–Kier alpha value is -2.15. The molecule has 7 nitrogen and oxygen atoms in total. The lowest BCUT2D eigenvalue weighted by Gasteiger charge is -2.12. The number of esters is 1. The number of benzene rings is 1. The number of methoxy groups -OCH3 is 1. The van der Waals surface area contributed by atoms with Crippen LogP contribution in [0.25, 0.3) is 0 Å². The number of hydrogen-bond donors (Lipinski definition) is 0. The minimum absolute atomic E-state index is 0.0908. The molecule has 1 aliphatic rings. The van der Waals surface area contributed by atoms with Crippen molar-refractivity contribution in [1.82, 2.24) is 0 Å². The van der Waals surface area contributed by atoms with Crippen LogP contribution in [0.2, 0.25) is 0 Å². The highest BCUT2D eigenvalue weighted by molar-refractivity contribution is 5.94. The van der Waals surface area contributed by atoms with Gasteiger partial charge in [0.15, 0.2) is 0 Å². The summed E-state index contributed by atoms with van der Waals surface area (Å²) < 4.78 is 15.3. The fourth-order valence-electron chi connectivity index (χ4n) is 1.82. The molecule has 0 unspecified atom stereocenters. The van der Waals surface area contributed by atoms with Gasteiger partial charge in [-0.3, -0.25) is 10.1 Å². The van der Waals surface area contributed by atoms with Gasteiger partial charge in [-0.05, 0) is 6.07 Å². The van der Waals surface area contributed by atoms with Gasteiger partial charge >= 0.3 is 5.97 Å². The van der Waals surface area contributed by atoms with Crippen LogP contribution in [0.5, 0.6) is 5.75 Å². The number of carbonyl (C=O) groups excluding carboxylic acids is 1. The summed E-state index contributed by atoms with van der Waals surface area (Å²) >= 11 is 0. The van der Waals surface area contributed by atoms with Gasteiger partial charge < -0.3 is 14.2 Å². The second-order valence-electron chi connectivity index (χ2n) is 4.03.